The van der Waals surface area contributed by atoms with Gasteiger partial charge in [-0.1, -0.05) is 43.3 Å². The lowest BCUT2D eigenvalue weighted by molar-refractivity contribution is -0.134. The first-order chi connectivity index (χ1) is 16.6. The molecular formula is C28H37N3O3. The van der Waals surface area contributed by atoms with Crippen molar-refractivity contribution in [2.75, 3.05) is 38.6 Å². The van der Waals surface area contributed by atoms with Crippen LogP contribution in [0, 0.1) is 5.92 Å². The van der Waals surface area contributed by atoms with E-state index in [4.69, 9.17) is 4.74 Å². The molecular weight excluding hydrogens is 426 g/mol. The summed E-state index contributed by atoms with van der Waals surface area (Å²) < 4.78 is 5.24. The number of piperidine rings is 2. The van der Waals surface area contributed by atoms with Gasteiger partial charge in [0, 0.05) is 36.8 Å². The van der Waals surface area contributed by atoms with Gasteiger partial charge in [0.25, 0.3) is 0 Å². The molecule has 0 aromatic heterocycles. The summed E-state index contributed by atoms with van der Waals surface area (Å²) in [6.07, 6.45) is 4.60. The molecule has 6 nitrogen and oxygen atoms in total. The predicted molar refractivity (Wildman–Crippen MR) is 135 cm³/mol. The van der Waals surface area contributed by atoms with Crippen LogP contribution in [0.4, 0.5) is 5.69 Å². The van der Waals surface area contributed by atoms with Crippen molar-refractivity contribution in [3.63, 3.8) is 0 Å². The van der Waals surface area contributed by atoms with Crippen molar-refractivity contribution >= 4 is 17.5 Å². The Morgan fingerprint density at radius 3 is 2.32 bits per heavy atom. The first-order valence-electron chi connectivity index (χ1n) is 12.6. The van der Waals surface area contributed by atoms with Gasteiger partial charge < -0.3 is 19.9 Å². The fourth-order valence-corrected chi connectivity index (χ4v) is 5.38. The number of ether oxygens (including phenoxy) is 1. The second-order valence-electron chi connectivity index (χ2n) is 9.46. The lowest BCUT2D eigenvalue weighted by Crippen LogP contribution is -2.50. The maximum Gasteiger partial charge on any atom is 0.230 e. The quantitative estimate of drug-likeness (QED) is 0.655. The average Bonchev–Trinajstić information content (AvgIpc) is 2.90. The highest BCUT2D eigenvalue weighted by atomic mass is 16.5. The Kier molecular flexibility index (Phi) is 8.22. The zero-order chi connectivity index (χ0) is 23.9. The highest BCUT2D eigenvalue weighted by Gasteiger charge is 2.33. The minimum Gasteiger partial charge on any atom is -0.497 e. The fourth-order valence-electron chi connectivity index (χ4n) is 5.38. The predicted octanol–water partition coefficient (Wildman–Crippen LogP) is 4.53. The van der Waals surface area contributed by atoms with Crippen LogP contribution in [0.3, 0.4) is 0 Å². The molecule has 0 bridgehead atoms. The van der Waals surface area contributed by atoms with Crippen LogP contribution in [0.25, 0.3) is 0 Å². The Bertz CT molecular complexity index is 948. The van der Waals surface area contributed by atoms with Crippen molar-refractivity contribution in [3.05, 3.63) is 60.2 Å². The standard InChI is InChI=1S/C28H37N3O3/c1-3-26(21-8-5-4-6-9-21)28(33)31-18-14-24(15-19-31)30-16-12-22(13-17-30)27(32)29-23-10-7-11-25(20-23)34-2/h4-11,20,22,24,26H,3,12-19H2,1-2H3,(H,29,32). The average molecular weight is 464 g/mol. The minimum atomic E-state index is -0.0448. The molecule has 6 heteroatoms. The van der Waals surface area contributed by atoms with Crippen LogP contribution in [0.5, 0.6) is 5.75 Å². The van der Waals surface area contributed by atoms with Gasteiger partial charge in [0.2, 0.25) is 11.8 Å². The number of hydrogen-bond acceptors (Lipinski definition) is 4. The number of amides is 2. The number of nitrogens with one attached hydrogen (secondary N) is 1. The molecule has 2 aromatic rings. The number of likely N-dealkylation sites (tertiary alicyclic amines) is 2. The van der Waals surface area contributed by atoms with Crippen molar-refractivity contribution < 1.29 is 14.3 Å². The molecule has 2 fully saturated rings. The van der Waals surface area contributed by atoms with Crippen LogP contribution in [0.1, 0.15) is 50.5 Å². The lowest BCUT2D eigenvalue weighted by Gasteiger charge is -2.42. The van der Waals surface area contributed by atoms with Gasteiger partial charge in [0.1, 0.15) is 5.75 Å². The van der Waals surface area contributed by atoms with Gasteiger partial charge in [-0.2, -0.15) is 0 Å². The van der Waals surface area contributed by atoms with Gasteiger partial charge in [-0.15, -0.1) is 0 Å². The van der Waals surface area contributed by atoms with Gasteiger partial charge in [-0.25, -0.2) is 0 Å². The topological polar surface area (TPSA) is 61.9 Å². The van der Waals surface area contributed by atoms with Gasteiger partial charge >= 0.3 is 0 Å². The molecule has 0 radical (unpaired) electrons. The Morgan fingerprint density at radius 2 is 1.68 bits per heavy atom. The number of carbonyl (C=O) groups excluding carboxylic acids is 2. The number of nitrogens with zero attached hydrogens (tertiary/aromatic N) is 2. The Labute approximate surface area is 203 Å². The molecule has 0 saturated carbocycles. The van der Waals surface area contributed by atoms with Crippen LogP contribution in [-0.2, 0) is 9.59 Å². The van der Waals surface area contributed by atoms with E-state index in [2.05, 4.69) is 34.2 Å². The van der Waals surface area contributed by atoms with Crippen molar-refractivity contribution in [3.8, 4) is 5.75 Å². The van der Waals surface area contributed by atoms with Crippen LogP contribution in [-0.4, -0.2) is 60.9 Å². The summed E-state index contributed by atoms with van der Waals surface area (Å²) in [5.41, 5.74) is 1.90. The van der Waals surface area contributed by atoms with Gasteiger partial charge in [0.05, 0.1) is 13.0 Å². The highest BCUT2D eigenvalue weighted by Crippen LogP contribution is 2.28. The fraction of sp³-hybridized carbons (Fsp3) is 0.500. The summed E-state index contributed by atoms with van der Waals surface area (Å²) in [6.45, 7) is 5.62. The summed E-state index contributed by atoms with van der Waals surface area (Å²) in [4.78, 5) is 30.5. The second-order valence-corrected chi connectivity index (χ2v) is 9.46. The third-order valence-corrected chi connectivity index (χ3v) is 7.44. The van der Waals surface area contributed by atoms with E-state index in [0.29, 0.717) is 6.04 Å². The van der Waals surface area contributed by atoms with E-state index in [0.717, 1.165) is 75.3 Å². The van der Waals surface area contributed by atoms with E-state index in [1.54, 1.807) is 7.11 Å². The molecule has 0 spiro atoms. The van der Waals surface area contributed by atoms with Crippen molar-refractivity contribution in [2.24, 2.45) is 5.92 Å². The molecule has 0 aliphatic carbocycles. The second kappa shape index (κ2) is 11.5. The number of hydrogen-bond donors (Lipinski definition) is 1. The molecule has 2 amide bonds. The summed E-state index contributed by atoms with van der Waals surface area (Å²) in [5.74, 6) is 1.10. The number of anilines is 1. The maximum atomic E-state index is 13.2. The van der Waals surface area contributed by atoms with E-state index in [9.17, 15) is 9.59 Å². The van der Waals surface area contributed by atoms with E-state index in [-0.39, 0.29) is 23.7 Å². The first kappa shape index (κ1) is 24.3. The first-order valence-corrected chi connectivity index (χ1v) is 12.6. The molecule has 1 unspecified atom stereocenters. The zero-order valence-corrected chi connectivity index (χ0v) is 20.4. The monoisotopic (exact) mass is 463 g/mol. The minimum absolute atomic E-state index is 0.0419. The summed E-state index contributed by atoms with van der Waals surface area (Å²) in [5, 5.41) is 3.05. The van der Waals surface area contributed by atoms with Crippen molar-refractivity contribution in [1.29, 1.82) is 0 Å². The molecule has 2 saturated heterocycles. The lowest BCUT2D eigenvalue weighted by atomic mass is 9.91. The van der Waals surface area contributed by atoms with Gasteiger partial charge in [-0.05, 0) is 62.9 Å². The van der Waals surface area contributed by atoms with Crippen LogP contribution < -0.4 is 10.1 Å². The summed E-state index contributed by atoms with van der Waals surface area (Å²) in [7, 11) is 1.63. The van der Waals surface area contributed by atoms with E-state index >= 15 is 0 Å². The molecule has 2 aromatic carbocycles. The van der Waals surface area contributed by atoms with E-state index in [1.807, 2.05) is 42.5 Å². The van der Waals surface area contributed by atoms with Crippen molar-refractivity contribution in [2.45, 2.75) is 51.0 Å². The Morgan fingerprint density at radius 1 is 0.971 bits per heavy atom. The largest absolute Gasteiger partial charge is 0.497 e. The normalized spacial score (nSPS) is 18.9. The number of methoxy groups -OCH3 is 1. The number of carbonyl (C=O) groups is 2. The summed E-state index contributed by atoms with van der Waals surface area (Å²) >= 11 is 0. The summed E-state index contributed by atoms with van der Waals surface area (Å²) in [6, 6.07) is 18.2. The van der Waals surface area contributed by atoms with E-state index in [1.165, 1.54) is 0 Å². The Hall–Kier alpha value is -2.86. The number of rotatable bonds is 7. The molecule has 2 heterocycles. The highest BCUT2D eigenvalue weighted by molar-refractivity contribution is 5.92. The van der Waals surface area contributed by atoms with Gasteiger partial charge in [0.15, 0.2) is 0 Å². The third kappa shape index (κ3) is 5.79. The molecule has 1 atom stereocenters. The smallest absolute Gasteiger partial charge is 0.230 e. The maximum absolute atomic E-state index is 13.2. The van der Waals surface area contributed by atoms with Gasteiger partial charge in [-0.3, -0.25) is 9.59 Å². The van der Waals surface area contributed by atoms with E-state index < -0.39 is 0 Å². The molecule has 1 N–H and O–H groups in total. The molecule has 2 aliphatic heterocycles. The van der Waals surface area contributed by atoms with Crippen LogP contribution in [0.2, 0.25) is 0 Å². The molecule has 4 rings (SSSR count). The zero-order valence-electron chi connectivity index (χ0n) is 20.4. The molecule has 34 heavy (non-hydrogen) atoms. The Balaban J connectivity index is 1.23. The molecule has 2 aliphatic rings. The number of benzene rings is 2. The van der Waals surface area contributed by atoms with Crippen LogP contribution >= 0.6 is 0 Å². The third-order valence-electron chi connectivity index (χ3n) is 7.44. The molecule has 182 valence electrons. The van der Waals surface area contributed by atoms with Crippen molar-refractivity contribution in [1.82, 2.24) is 9.80 Å². The van der Waals surface area contributed by atoms with Crippen LogP contribution in [0.15, 0.2) is 54.6 Å². The SMILES string of the molecule is CCC(C(=O)N1CCC(N2CCC(C(=O)Nc3cccc(OC)c3)CC2)CC1)c1ccccc1.